The summed E-state index contributed by atoms with van der Waals surface area (Å²) in [5, 5.41) is 11.5. The lowest BCUT2D eigenvalue weighted by atomic mass is 10.00. The van der Waals surface area contributed by atoms with Gasteiger partial charge in [-0.15, -0.1) is 0 Å². The molecule has 1 aliphatic rings. The molecule has 13 heteroatoms. The summed E-state index contributed by atoms with van der Waals surface area (Å²) in [4.78, 5) is 58.7. The Labute approximate surface area is 285 Å². The number of pyridine rings is 1. The summed E-state index contributed by atoms with van der Waals surface area (Å²) >= 11 is 6.43. The lowest BCUT2D eigenvalue weighted by molar-refractivity contribution is -0.137. The van der Waals surface area contributed by atoms with Crippen molar-refractivity contribution in [1.82, 2.24) is 20.9 Å². The Morgan fingerprint density at radius 1 is 0.735 bits per heavy atom. The minimum absolute atomic E-state index is 0.00785. The SMILES string of the molecule is O=C1C[C@H](Cc2ccccc2Cl)NC(=O)[C@H](Cc2cccnc2)NC(=O)[C@H](Cc2cccc(C(F)(F)F)c2)NC(=O)Cc2ccccc2N1. The molecule has 0 unspecified atom stereocenters. The van der Waals surface area contributed by atoms with E-state index in [2.05, 4.69) is 26.3 Å². The smallest absolute Gasteiger partial charge is 0.351 e. The van der Waals surface area contributed by atoms with E-state index in [4.69, 9.17) is 11.6 Å². The van der Waals surface area contributed by atoms with Gasteiger partial charge < -0.3 is 21.3 Å². The lowest BCUT2D eigenvalue weighted by Crippen LogP contribution is -2.56. The molecule has 3 atom stereocenters. The molecular formula is C36H33ClF3N5O4. The number of rotatable bonds is 6. The first-order chi connectivity index (χ1) is 23.4. The largest absolute Gasteiger partial charge is 0.416 e. The molecule has 5 rings (SSSR count). The molecule has 4 amide bonds. The fourth-order valence-electron chi connectivity index (χ4n) is 5.60. The van der Waals surface area contributed by atoms with Crippen molar-refractivity contribution in [2.45, 2.75) is 56.4 Å². The van der Waals surface area contributed by atoms with Crippen molar-refractivity contribution in [2.24, 2.45) is 0 Å². The molecule has 4 aromatic rings. The van der Waals surface area contributed by atoms with Crippen molar-refractivity contribution < 1.29 is 32.3 Å². The van der Waals surface area contributed by atoms with Gasteiger partial charge >= 0.3 is 6.18 Å². The van der Waals surface area contributed by atoms with Crippen LogP contribution in [-0.2, 0) is 51.0 Å². The van der Waals surface area contributed by atoms with E-state index in [9.17, 15) is 32.3 Å². The Kier molecular flexibility index (Phi) is 11.3. The molecule has 9 nitrogen and oxygen atoms in total. The first-order valence-electron chi connectivity index (χ1n) is 15.5. The molecule has 254 valence electrons. The maximum Gasteiger partial charge on any atom is 0.416 e. The Morgan fingerprint density at radius 3 is 2.18 bits per heavy atom. The van der Waals surface area contributed by atoms with Crippen LogP contribution in [0.25, 0.3) is 0 Å². The van der Waals surface area contributed by atoms with Crippen LogP contribution in [0.15, 0.2) is 97.3 Å². The number of amides is 4. The fraction of sp³-hybridized carbons (Fsp3) is 0.250. The van der Waals surface area contributed by atoms with E-state index in [1.165, 1.54) is 18.3 Å². The number of benzene rings is 3. The number of hydrogen-bond donors (Lipinski definition) is 4. The van der Waals surface area contributed by atoms with E-state index >= 15 is 0 Å². The minimum Gasteiger partial charge on any atom is -0.351 e. The maximum atomic E-state index is 14.0. The van der Waals surface area contributed by atoms with Crippen LogP contribution in [0, 0.1) is 0 Å². The number of carbonyl (C=O) groups excluding carboxylic acids is 4. The number of halogens is 4. The Bertz CT molecular complexity index is 1820. The van der Waals surface area contributed by atoms with E-state index < -0.39 is 53.5 Å². The second-order valence-electron chi connectivity index (χ2n) is 11.7. The Hall–Kier alpha value is -5.23. The van der Waals surface area contributed by atoms with E-state index in [1.54, 1.807) is 66.9 Å². The quantitative estimate of drug-likeness (QED) is 0.231. The second kappa shape index (κ2) is 15.8. The van der Waals surface area contributed by atoms with Crippen LogP contribution in [0.3, 0.4) is 0 Å². The molecule has 0 bridgehead atoms. The van der Waals surface area contributed by atoms with Gasteiger partial charge in [0.15, 0.2) is 0 Å². The normalized spacial score (nSPS) is 19.3. The molecule has 1 aromatic heterocycles. The summed E-state index contributed by atoms with van der Waals surface area (Å²) in [7, 11) is 0. The van der Waals surface area contributed by atoms with Gasteiger partial charge in [-0.3, -0.25) is 24.2 Å². The summed E-state index contributed by atoms with van der Waals surface area (Å²) in [6.45, 7) is 0. The zero-order valence-corrected chi connectivity index (χ0v) is 26.9. The van der Waals surface area contributed by atoms with Gasteiger partial charge in [-0.05, 0) is 52.9 Å². The average molecular weight is 692 g/mol. The molecular weight excluding hydrogens is 659 g/mol. The summed E-state index contributed by atoms with van der Waals surface area (Å²) in [6, 6.07) is 18.2. The van der Waals surface area contributed by atoms with Gasteiger partial charge in [-0.25, -0.2) is 0 Å². The average Bonchev–Trinajstić information content (AvgIpc) is 3.06. The number of nitrogens with one attached hydrogen (secondary N) is 4. The van der Waals surface area contributed by atoms with E-state index in [-0.39, 0.29) is 37.7 Å². The minimum atomic E-state index is -4.62. The van der Waals surface area contributed by atoms with Crippen molar-refractivity contribution in [3.63, 3.8) is 0 Å². The van der Waals surface area contributed by atoms with Crippen LogP contribution in [0.2, 0.25) is 5.02 Å². The molecule has 3 aromatic carbocycles. The molecule has 2 heterocycles. The van der Waals surface area contributed by atoms with Crippen molar-refractivity contribution >= 4 is 40.9 Å². The highest BCUT2D eigenvalue weighted by molar-refractivity contribution is 6.31. The molecule has 0 aliphatic carbocycles. The van der Waals surface area contributed by atoms with Gasteiger partial charge in [-0.1, -0.05) is 72.3 Å². The van der Waals surface area contributed by atoms with E-state index in [1.807, 2.05) is 0 Å². The zero-order chi connectivity index (χ0) is 35.0. The number of aromatic nitrogens is 1. The molecule has 1 aliphatic heterocycles. The number of fused-ring (bicyclic) bond motifs is 1. The van der Waals surface area contributed by atoms with Crippen LogP contribution in [-0.4, -0.2) is 46.7 Å². The third kappa shape index (κ3) is 9.89. The monoisotopic (exact) mass is 691 g/mol. The highest BCUT2D eigenvalue weighted by Gasteiger charge is 2.33. The van der Waals surface area contributed by atoms with Crippen LogP contribution >= 0.6 is 11.6 Å². The number of hydrogen-bond acceptors (Lipinski definition) is 5. The van der Waals surface area contributed by atoms with Crippen molar-refractivity contribution in [1.29, 1.82) is 0 Å². The number of alkyl halides is 3. The topological polar surface area (TPSA) is 129 Å². The van der Waals surface area contributed by atoms with E-state index in [0.717, 1.165) is 12.1 Å². The van der Waals surface area contributed by atoms with Gasteiger partial charge in [0.25, 0.3) is 0 Å². The fourth-order valence-corrected chi connectivity index (χ4v) is 5.81. The Morgan fingerprint density at radius 2 is 1.43 bits per heavy atom. The number of carbonyl (C=O) groups is 4. The van der Waals surface area contributed by atoms with Crippen LogP contribution < -0.4 is 21.3 Å². The van der Waals surface area contributed by atoms with Gasteiger partial charge in [0.1, 0.15) is 12.1 Å². The first-order valence-corrected chi connectivity index (χ1v) is 15.9. The second-order valence-corrected chi connectivity index (χ2v) is 12.1. The summed E-state index contributed by atoms with van der Waals surface area (Å²) in [6.07, 6.45) is -2.07. The number of para-hydroxylation sites is 1. The molecule has 0 saturated carbocycles. The predicted octanol–water partition coefficient (Wildman–Crippen LogP) is 4.82. The maximum absolute atomic E-state index is 14.0. The van der Waals surface area contributed by atoms with Crippen LogP contribution in [0.5, 0.6) is 0 Å². The van der Waals surface area contributed by atoms with Gasteiger partial charge in [0.05, 0.1) is 12.0 Å². The molecule has 0 spiro atoms. The van der Waals surface area contributed by atoms with Gasteiger partial charge in [0.2, 0.25) is 23.6 Å². The third-order valence-electron chi connectivity index (χ3n) is 7.99. The summed E-state index contributed by atoms with van der Waals surface area (Å²) < 4.78 is 40.5. The van der Waals surface area contributed by atoms with Crippen molar-refractivity contribution in [3.8, 4) is 0 Å². The molecule has 0 radical (unpaired) electrons. The third-order valence-corrected chi connectivity index (χ3v) is 8.35. The van der Waals surface area contributed by atoms with Crippen LogP contribution in [0.4, 0.5) is 18.9 Å². The first kappa shape index (κ1) is 35.1. The zero-order valence-electron chi connectivity index (χ0n) is 26.1. The van der Waals surface area contributed by atoms with Gasteiger partial charge in [0, 0.05) is 48.4 Å². The lowest BCUT2D eigenvalue weighted by Gasteiger charge is -2.26. The summed E-state index contributed by atoms with van der Waals surface area (Å²) in [5.41, 5.74) is 1.33. The van der Waals surface area contributed by atoms with Gasteiger partial charge in [-0.2, -0.15) is 13.2 Å². The molecule has 0 fully saturated rings. The highest BCUT2D eigenvalue weighted by Crippen LogP contribution is 2.30. The highest BCUT2D eigenvalue weighted by atomic mass is 35.5. The number of nitrogens with zero attached hydrogens (tertiary/aromatic N) is 1. The van der Waals surface area contributed by atoms with E-state index in [0.29, 0.717) is 27.4 Å². The van der Waals surface area contributed by atoms with Crippen molar-refractivity contribution in [2.75, 3.05) is 5.32 Å². The number of anilines is 1. The summed E-state index contributed by atoms with van der Waals surface area (Å²) in [5.74, 6) is -2.46. The molecule has 0 saturated heterocycles. The van der Waals surface area contributed by atoms with Crippen molar-refractivity contribution in [3.05, 3.63) is 130 Å². The molecule has 4 N–H and O–H groups in total. The Balaban J connectivity index is 1.52. The van der Waals surface area contributed by atoms with Crippen LogP contribution in [0.1, 0.15) is 34.2 Å². The molecule has 49 heavy (non-hydrogen) atoms. The standard InChI is InChI=1S/C36H33ClF3N5O4/c37-28-12-3-1-9-24(28)18-27-20-33(47)43-29-13-4-2-10-25(29)19-32(46)44-30(16-22-7-5-11-26(15-22)36(38,39)40)35(49)45-31(34(48)42-27)17-23-8-6-14-41-21-23/h1-15,21,27,30-31H,16-20H2,(H,42,48)(H,43,47)(H,44,46)(H,45,49)/t27-,30-,31-/m0/s1. The predicted molar refractivity (Wildman–Crippen MR) is 177 cm³/mol.